The molecule has 1 rings (SSSR count). The van der Waals surface area contributed by atoms with Crippen LogP contribution >= 0.6 is 0 Å². The van der Waals surface area contributed by atoms with E-state index in [0.717, 1.165) is 26.2 Å². The highest BCUT2D eigenvalue weighted by Crippen LogP contribution is 2.11. The Morgan fingerprint density at radius 2 is 0.762 bits per heavy atom. The molecule has 2 amide bonds. The molecule has 42 heavy (non-hydrogen) atoms. The third kappa shape index (κ3) is 20.9. The van der Waals surface area contributed by atoms with Crippen molar-refractivity contribution in [2.45, 2.75) is 129 Å². The highest BCUT2D eigenvalue weighted by molar-refractivity contribution is 5.97. The maximum absolute atomic E-state index is 12.5. The van der Waals surface area contributed by atoms with Gasteiger partial charge in [0.25, 0.3) is 11.8 Å². The number of hydrogen-bond acceptors (Lipinski definition) is 4. The lowest BCUT2D eigenvalue weighted by Crippen LogP contribution is -2.34. The van der Waals surface area contributed by atoms with Crippen molar-refractivity contribution >= 4 is 11.8 Å². The van der Waals surface area contributed by atoms with Gasteiger partial charge in [-0.1, -0.05) is 117 Å². The summed E-state index contributed by atoms with van der Waals surface area (Å²) in [6, 6.07) is 6.97. The molecule has 0 aliphatic rings. The minimum Gasteiger partial charge on any atom is -0.351 e. The van der Waals surface area contributed by atoms with Crippen LogP contribution in [0.15, 0.2) is 24.3 Å². The topological polar surface area (TPSA) is 64.7 Å². The van der Waals surface area contributed by atoms with E-state index in [4.69, 9.17) is 0 Å². The van der Waals surface area contributed by atoms with E-state index < -0.39 is 0 Å². The molecule has 0 fully saturated rings. The number of nitrogens with one attached hydrogen (secondary N) is 2. The average molecular weight is 587 g/mol. The van der Waals surface area contributed by atoms with Crippen LogP contribution in [0.1, 0.15) is 150 Å². The van der Waals surface area contributed by atoms with E-state index in [1.165, 1.54) is 116 Å². The van der Waals surface area contributed by atoms with Gasteiger partial charge >= 0.3 is 0 Å². The van der Waals surface area contributed by atoms with Crippen LogP contribution < -0.4 is 10.6 Å². The summed E-state index contributed by atoms with van der Waals surface area (Å²) >= 11 is 0. The maximum Gasteiger partial charge on any atom is 0.251 e. The summed E-state index contributed by atoms with van der Waals surface area (Å²) in [5, 5.41) is 6.02. The fraction of sp³-hybridized carbons (Fsp3) is 0.778. The van der Waals surface area contributed by atoms with Gasteiger partial charge in [-0.15, -0.1) is 0 Å². The second kappa shape index (κ2) is 26.7. The third-order valence-electron chi connectivity index (χ3n) is 8.25. The Morgan fingerprint density at radius 3 is 1.07 bits per heavy atom. The first-order chi connectivity index (χ1) is 20.5. The van der Waals surface area contributed by atoms with Gasteiger partial charge in [0.2, 0.25) is 0 Å². The number of unbranched alkanes of at least 4 members (excludes halogenated alkanes) is 16. The zero-order valence-electron chi connectivity index (χ0n) is 28.0. The normalized spacial score (nSPS) is 11.4. The first kappa shape index (κ1) is 38.1. The van der Waals surface area contributed by atoms with Crippen molar-refractivity contribution in [2.75, 3.05) is 53.4 Å². The molecule has 1 aromatic rings. The van der Waals surface area contributed by atoms with Gasteiger partial charge in [-0.25, -0.2) is 0 Å². The Bertz CT molecular complexity index is 718. The Hall–Kier alpha value is -1.92. The van der Waals surface area contributed by atoms with E-state index in [1.54, 1.807) is 24.3 Å². The van der Waals surface area contributed by atoms with Crippen molar-refractivity contribution in [3.05, 3.63) is 35.4 Å². The van der Waals surface area contributed by atoms with Crippen LogP contribution in [0.3, 0.4) is 0 Å². The van der Waals surface area contributed by atoms with Crippen molar-refractivity contribution in [3.63, 3.8) is 0 Å². The summed E-state index contributed by atoms with van der Waals surface area (Å²) in [5.41, 5.74) is 1.18. The molecule has 0 spiro atoms. The number of carbonyl (C=O) groups is 2. The first-order valence-corrected chi connectivity index (χ1v) is 17.5. The minimum absolute atomic E-state index is 0.0865. The number of hydrogen-bond donors (Lipinski definition) is 2. The summed E-state index contributed by atoms with van der Waals surface area (Å²) < 4.78 is 0. The lowest BCUT2D eigenvalue weighted by atomic mass is 10.1. The molecule has 0 unspecified atom stereocenters. The van der Waals surface area contributed by atoms with Crippen molar-refractivity contribution in [1.29, 1.82) is 0 Å². The van der Waals surface area contributed by atoms with Gasteiger partial charge in [-0.2, -0.15) is 0 Å². The standard InChI is InChI=1S/C36H66N4O2/c1-5-7-9-11-13-15-17-19-21-29-39(3)31-27-37-35(41)33-23-25-34(26-24-33)36(42)38-28-32-40(4)30-22-20-18-16-14-12-10-8-6-2/h23-26H,5-22,27-32H2,1-4H3,(H,37,41)(H,38,42). The molecule has 0 radical (unpaired) electrons. The van der Waals surface area contributed by atoms with Gasteiger partial charge in [0.15, 0.2) is 0 Å². The first-order valence-electron chi connectivity index (χ1n) is 17.5. The van der Waals surface area contributed by atoms with Gasteiger partial charge < -0.3 is 20.4 Å². The van der Waals surface area contributed by atoms with Gasteiger partial charge in [-0.05, 0) is 64.3 Å². The van der Waals surface area contributed by atoms with Crippen LogP contribution in [0.4, 0.5) is 0 Å². The predicted octanol–water partition coefficient (Wildman–Crippen LogP) is 8.07. The number of amides is 2. The SMILES string of the molecule is CCCCCCCCCCCN(C)CCNC(=O)c1ccc(C(=O)NCCN(C)CCCCCCCCCCC)cc1. The monoisotopic (exact) mass is 587 g/mol. The predicted molar refractivity (Wildman–Crippen MR) is 181 cm³/mol. The van der Waals surface area contributed by atoms with Crippen molar-refractivity contribution in [1.82, 2.24) is 20.4 Å². The van der Waals surface area contributed by atoms with Crippen LogP contribution in [0.25, 0.3) is 0 Å². The Kier molecular flexibility index (Phi) is 24.2. The van der Waals surface area contributed by atoms with E-state index in [-0.39, 0.29) is 11.8 Å². The largest absolute Gasteiger partial charge is 0.351 e. The van der Waals surface area contributed by atoms with Crippen LogP contribution in [0.5, 0.6) is 0 Å². The zero-order valence-corrected chi connectivity index (χ0v) is 28.0. The Labute approximate surface area is 259 Å². The van der Waals surface area contributed by atoms with E-state index in [0.29, 0.717) is 24.2 Å². The van der Waals surface area contributed by atoms with E-state index in [9.17, 15) is 9.59 Å². The molecule has 0 atom stereocenters. The van der Waals surface area contributed by atoms with Gasteiger partial charge in [0, 0.05) is 37.3 Å². The number of benzene rings is 1. The number of carbonyl (C=O) groups excluding carboxylic acids is 2. The van der Waals surface area contributed by atoms with Crippen molar-refractivity contribution in [2.24, 2.45) is 0 Å². The number of rotatable bonds is 28. The Balaban J connectivity index is 2.10. The molecule has 2 N–H and O–H groups in total. The van der Waals surface area contributed by atoms with Crippen LogP contribution in [0, 0.1) is 0 Å². The molecule has 242 valence electrons. The fourth-order valence-corrected chi connectivity index (χ4v) is 5.31. The molecule has 0 heterocycles. The summed E-state index contributed by atoms with van der Waals surface area (Å²) in [7, 11) is 4.25. The second-order valence-electron chi connectivity index (χ2n) is 12.4. The van der Waals surface area contributed by atoms with E-state index in [1.807, 2.05) is 0 Å². The molecule has 6 nitrogen and oxygen atoms in total. The van der Waals surface area contributed by atoms with Gasteiger partial charge in [0.05, 0.1) is 0 Å². The summed E-state index contributed by atoms with van der Waals surface area (Å²) in [5.74, 6) is -0.173. The van der Waals surface area contributed by atoms with Gasteiger partial charge in [-0.3, -0.25) is 9.59 Å². The smallest absolute Gasteiger partial charge is 0.251 e. The lowest BCUT2D eigenvalue weighted by Gasteiger charge is -2.17. The van der Waals surface area contributed by atoms with Crippen molar-refractivity contribution < 1.29 is 9.59 Å². The molecule has 0 aliphatic carbocycles. The van der Waals surface area contributed by atoms with Crippen LogP contribution in [-0.2, 0) is 0 Å². The fourth-order valence-electron chi connectivity index (χ4n) is 5.31. The molecular weight excluding hydrogens is 520 g/mol. The lowest BCUT2D eigenvalue weighted by molar-refractivity contribution is 0.0938. The molecule has 0 aliphatic heterocycles. The average Bonchev–Trinajstić information content (AvgIpc) is 2.99. The zero-order chi connectivity index (χ0) is 30.7. The van der Waals surface area contributed by atoms with Crippen LogP contribution in [0.2, 0.25) is 0 Å². The second-order valence-corrected chi connectivity index (χ2v) is 12.4. The van der Waals surface area contributed by atoms with Crippen molar-refractivity contribution in [3.8, 4) is 0 Å². The highest BCUT2D eigenvalue weighted by Gasteiger charge is 2.09. The maximum atomic E-state index is 12.5. The third-order valence-corrected chi connectivity index (χ3v) is 8.25. The Morgan fingerprint density at radius 1 is 0.476 bits per heavy atom. The number of nitrogens with zero attached hydrogens (tertiary/aromatic N) is 2. The number of likely N-dealkylation sites (N-methyl/N-ethyl adjacent to an activating group) is 2. The summed E-state index contributed by atoms with van der Waals surface area (Å²) in [6.45, 7) is 9.62. The molecule has 0 bridgehead atoms. The molecule has 0 aromatic heterocycles. The summed E-state index contributed by atoms with van der Waals surface area (Å²) in [4.78, 5) is 29.7. The van der Waals surface area contributed by atoms with Crippen LogP contribution in [-0.4, -0.2) is 75.0 Å². The van der Waals surface area contributed by atoms with E-state index in [2.05, 4.69) is 48.4 Å². The molecule has 6 heteroatoms. The highest BCUT2D eigenvalue weighted by atomic mass is 16.2. The van der Waals surface area contributed by atoms with E-state index >= 15 is 0 Å². The molecule has 0 saturated carbocycles. The molecule has 0 saturated heterocycles. The molecular formula is C36H66N4O2. The quantitative estimate of drug-likeness (QED) is 0.0975. The minimum atomic E-state index is -0.0865. The van der Waals surface area contributed by atoms with Gasteiger partial charge in [0.1, 0.15) is 0 Å². The summed E-state index contributed by atoms with van der Waals surface area (Å²) in [6.07, 6.45) is 24.1. The molecule has 1 aromatic carbocycles.